The van der Waals surface area contributed by atoms with E-state index in [0.717, 1.165) is 23.5 Å². The van der Waals surface area contributed by atoms with Gasteiger partial charge in [-0.1, -0.05) is 12.7 Å². The molecule has 2 N–H and O–H groups in total. The second-order valence-electron chi connectivity index (χ2n) is 6.05. The average Bonchev–Trinajstić information content (AvgIpc) is 2.75. The SMILES string of the molecule is C=CCOc1ccc(Nc2cc(C#N)cc(OCCCCOC(=O)NC)c2)cc1. The van der Waals surface area contributed by atoms with Crippen molar-refractivity contribution in [2.45, 2.75) is 12.8 Å². The number of hydrogen-bond donors (Lipinski definition) is 2. The van der Waals surface area contributed by atoms with Crippen LogP contribution in [0.15, 0.2) is 55.1 Å². The fraction of sp³-hybridized carbons (Fsp3) is 0.273. The molecular weight excluding hydrogens is 370 g/mol. The first-order valence-corrected chi connectivity index (χ1v) is 9.28. The van der Waals surface area contributed by atoms with Crippen LogP contribution in [0, 0.1) is 11.3 Å². The van der Waals surface area contributed by atoms with Gasteiger partial charge in [0.05, 0.1) is 24.8 Å². The molecule has 0 aliphatic rings. The number of nitrogens with one attached hydrogen (secondary N) is 2. The smallest absolute Gasteiger partial charge is 0.406 e. The summed E-state index contributed by atoms with van der Waals surface area (Å²) in [6, 6.07) is 14.9. The summed E-state index contributed by atoms with van der Waals surface area (Å²) in [5.74, 6) is 1.36. The number of amides is 1. The molecule has 7 nitrogen and oxygen atoms in total. The first kappa shape index (κ1) is 21.6. The Hall–Kier alpha value is -3.66. The molecule has 0 saturated carbocycles. The van der Waals surface area contributed by atoms with Crippen molar-refractivity contribution in [3.05, 3.63) is 60.7 Å². The largest absolute Gasteiger partial charge is 0.493 e. The minimum absolute atomic E-state index is 0.334. The van der Waals surface area contributed by atoms with Gasteiger partial charge in [-0.25, -0.2) is 4.79 Å². The highest BCUT2D eigenvalue weighted by Crippen LogP contribution is 2.25. The van der Waals surface area contributed by atoms with E-state index in [4.69, 9.17) is 14.2 Å². The first-order chi connectivity index (χ1) is 14.1. The predicted octanol–water partition coefficient (Wildman–Crippen LogP) is 4.38. The summed E-state index contributed by atoms with van der Waals surface area (Å²) in [7, 11) is 1.52. The molecule has 1 amide bonds. The number of unbranched alkanes of at least 4 members (excludes halogenated alkanes) is 1. The lowest BCUT2D eigenvalue weighted by Gasteiger charge is -2.12. The van der Waals surface area contributed by atoms with Crippen LogP contribution in [0.4, 0.5) is 16.2 Å². The number of anilines is 2. The number of carbonyl (C=O) groups excluding carboxylic acids is 1. The number of benzene rings is 2. The average molecular weight is 395 g/mol. The third kappa shape index (κ3) is 7.85. The van der Waals surface area contributed by atoms with E-state index in [0.29, 0.717) is 37.6 Å². The molecule has 0 heterocycles. The summed E-state index contributed by atoms with van der Waals surface area (Å²) >= 11 is 0. The zero-order chi connectivity index (χ0) is 20.9. The van der Waals surface area contributed by atoms with E-state index in [1.807, 2.05) is 30.3 Å². The van der Waals surface area contributed by atoms with E-state index in [1.54, 1.807) is 18.2 Å². The van der Waals surface area contributed by atoms with Crippen molar-refractivity contribution in [3.63, 3.8) is 0 Å². The van der Waals surface area contributed by atoms with E-state index in [2.05, 4.69) is 23.3 Å². The molecule has 0 saturated heterocycles. The van der Waals surface area contributed by atoms with Gasteiger partial charge in [0.2, 0.25) is 0 Å². The van der Waals surface area contributed by atoms with Gasteiger partial charge >= 0.3 is 6.09 Å². The summed E-state index contributed by atoms with van der Waals surface area (Å²) in [4.78, 5) is 11.0. The Labute approximate surface area is 170 Å². The van der Waals surface area contributed by atoms with E-state index in [9.17, 15) is 10.1 Å². The Morgan fingerprint density at radius 3 is 2.52 bits per heavy atom. The van der Waals surface area contributed by atoms with Crippen LogP contribution in [0.25, 0.3) is 0 Å². The fourth-order valence-corrected chi connectivity index (χ4v) is 2.41. The van der Waals surface area contributed by atoms with Crippen LogP contribution in [0.1, 0.15) is 18.4 Å². The molecule has 0 unspecified atom stereocenters. The Balaban J connectivity index is 1.90. The zero-order valence-electron chi connectivity index (χ0n) is 16.4. The van der Waals surface area contributed by atoms with Crippen molar-refractivity contribution in [1.82, 2.24) is 5.32 Å². The highest BCUT2D eigenvalue weighted by Gasteiger charge is 2.04. The summed E-state index contributed by atoms with van der Waals surface area (Å²) < 4.78 is 16.1. The van der Waals surface area contributed by atoms with Gasteiger partial charge in [-0.05, 0) is 49.2 Å². The van der Waals surface area contributed by atoms with Crippen LogP contribution in [0.5, 0.6) is 11.5 Å². The van der Waals surface area contributed by atoms with Gasteiger partial charge in [0, 0.05) is 24.5 Å². The van der Waals surface area contributed by atoms with E-state index < -0.39 is 6.09 Å². The predicted molar refractivity (Wildman–Crippen MR) is 112 cm³/mol. The van der Waals surface area contributed by atoms with Gasteiger partial charge in [0.15, 0.2) is 0 Å². The monoisotopic (exact) mass is 395 g/mol. The van der Waals surface area contributed by atoms with Crippen molar-refractivity contribution in [1.29, 1.82) is 5.26 Å². The first-order valence-electron chi connectivity index (χ1n) is 9.28. The lowest BCUT2D eigenvalue weighted by atomic mass is 10.2. The molecule has 152 valence electrons. The lowest BCUT2D eigenvalue weighted by Crippen LogP contribution is -2.19. The minimum Gasteiger partial charge on any atom is -0.493 e. The number of nitriles is 1. The minimum atomic E-state index is -0.441. The number of rotatable bonds is 11. The molecular formula is C22H25N3O4. The second kappa shape index (κ2) is 11.9. The number of alkyl carbamates (subject to hydrolysis) is 1. The molecule has 0 aliphatic heterocycles. The van der Waals surface area contributed by atoms with Gasteiger partial charge in [-0.15, -0.1) is 0 Å². The topological polar surface area (TPSA) is 92.6 Å². The molecule has 0 atom stereocenters. The van der Waals surface area contributed by atoms with Crippen LogP contribution in [0.2, 0.25) is 0 Å². The normalized spacial score (nSPS) is 9.79. The molecule has 2 aromatic rings. The highest BCUT2D eigenvalue weighted by atomic mass is 16.5. The van der Waals surface area contributed by atoms with Crippen molar-refractivity contribution >= 4 is 17.5 Å². The zero-order valence-corrected chi connectivity index (χ0v) is 16.4. The highest BCUT2D eigenvalue weighted by molar-refractivity contribution is 5.66. The summed E-state index contributed by atoms with van der Waals surface area (Å²) in [6.07, 6.45) is 2.67. The molecule has 0 bridgehead atoms. The lowest BCUT2D eigenvalue weighted by molar-refractivity contribution is 0.144. The third-order valence-corrected chi connectivity index (χ3v) is 3.79. The number of carbonyl (C=O) groups is 1. The van der Waals surface area contributed by atoms with Gasteiger partial charge in [0.25, 0.3) is 0 Å². The van der Waals surface area contributed by atoms with Crippen molar-refractivity contribution in [2.24, 2.45) is 0 Å². The molecule has 0 radical (unpaired) electrons. The van der Waals surface area contributed by atoms with Crippen molar-refractivity contribution in [3.8, 4) is 17.6 Å². The standard InChI is InChI=1S/C22H25N3O4/c1-3-10-27-20-8-6-18(7-9-20)25-19-13-17(16-23)14-21(15-19)28-11-4-5-12-29-22(26)24-2/h3,6-9,13-15,25H,1,4-5,10-12H2,2H3,(H,24,26). The maximum atomic E-state index is 11.0. The fourth-order valence-electron chi connectivity index (χ4n) is 2.41. The summed E-state index contributed by atoms with van der Waals surface area (Å²) in [6.45, 7) is 4.87. The molecule has 0 spiro atoms. The van der Waals surface area contributed by atoms with Crippen LogP contribution >= 0.6 is 0 Å². The van der Waals surface area contributed by atoms with Crippen LogP contribution in [-0.4, -0.2) is 33.0 Å². The van der Waals surface area contributed by atoms with Gasteiger partial charge in [0.1, 0.15) is 18.1 Å². The van der Waals surface area contributed by atoms with Crippen LogP contribution < -0.4 is 20.1 Å². The maximum Gasteiger partial charge on any atom is 0.406 e. The van der Waals surface area contributed by atoms with Gasteiger partial charge in [-0.2, -0.15) is 5.26 Å². The molecule has 29 heavy (non-hydrogen) atoms. The van der Waals surface area contributed by atoms with Crippen LogP contribution in [0.3, 0.4) is 0 Å². The van der Waals surface area contributed by atoms with E-state index in [-0.39, 0.29) is 0 Å². The Morgan fingerprint density at radius 1 is 1.07 bits per heavy atom. The molecule has 0 aromatic heterocycles. The van der Waals surface area contributed by atoms with Crippen molar-refractivity contribution < 1.29 is 19.0 Å². The van der Waals surface area contributed by atoms with E-state index in [1.165, 1.54) is 7.05 Å². The number of nitrogens with zero attached hydrogens (tertiary/aromatic N) is 1. The van der Waals surface area contributed by atoms with Crippen LogP contribution in [-0.2, 0) is 4.74 Å². The molecule has 2 rings (SSSR count). The number of hydrogen-bond acceptors (Lipinski definition) is 6. The Kier molecular flexibility index (Phi) is 8.90. The molecule has 0 fully saturated rings. The van der Waals surface area contributed by atoms with Gasteiger partial charge in [-0.3, -0.25) is 0 Å². The second-order valence-corrected chi connectivity index (χ2v) is 6.05. The van der Waals surface area contributed by atoms with E-state index >= 15 is 0 Å². The molecule has 2 aromatic carbocycles. The quantitative estimate of drug-likeness (QED) is 0.433. The molecule has 7 heteroatoms. The molecule has 0 aliphatic carbocycles. The Morgan fingerprint density at radius 2 is 1.83 bits per heavy atom. The summed E-state index contributed by atoms with van der Waals surface area (Å²) in [5.41, 5.74) is 2.11. The van der Waals surface area contributed by atoms with Crippen molar-refractivity contribution in [2.75, 3.05) is 32.2 Å². The van der Waals surface area contributed by atoms with Gasteiger partial charge < -0.3 is 24.8 Å². The third-order valence-electron chi connectivity index (χ3n) is 3.79. The number of ether oxygens (including phenoxy) is 3. The summed E-state index contributed by atoms with van der Waals surface area (Å²) in [5, 5.41) is 14.9. The Bertz CT molecular complexity index is 844. The maximum absolute atomic E-state index is 11.0.